The highest BCUT2D eigenvalue weighted by Gasteiger charge is 2.17. The lowest BCUT2D eigenvalue weighted by atomic mass is 10.2. The number of fused-ring (bicyclic) bond motifs is 1. The summed E-state index contributed by atoms with van der Waals surface area (Å²) in [7, 11) is 0. The SMILES string of the molecule is C=CCSCCNC(=O)c1sc2nccc(C)c2c1N. The standard InChI is InChI=1S/C14H17N3OS2/c1-3-7-19-8-6-16-13(18)12-11(15)10-9(2)4-5-17-14(10)20-12/h3-5H,1,6-8,15H2,2H3,(H,16,18). The summed E-state index contributed by atoms with van der Waals surface area (Å²) in [6, 6.07) is 1.90. The lowest BCUT2D eigenvalue weighted by Gasteiger charge is -2.03. The quantitative estimate of drug-likeness (QED) is 0.636. The molecule has 0 aliphatic rings. The molecule has 2 rings (SSSR count). The molecule has 0 radical (unpaired) electrons. The second-order valence-corrected chi connectivity index (χ2v) is 6.42. The number of anilines is 1. The van der Waals surface area contributed by atoms with E-state index in [-0.39, 0.29) is 5.91 Å². The number of carbonyl (C=O) groups is 1. The minimum absolute atomic E-state index is 0.121. The molecule has 1 amide bonds. The van der Waals surface area contributed by atoms with Crippen LogP contribution in [-0.2, 0) is 0 Å². The van der Waals surface area contributed by atoms with Gasteiger partial charge in [0.15, 0.2) is 0 Å². The highest BCUT2D eigenvalue weighted by molar-refractivity contribution is 7.99. The maximum atomic E-state index is 12.1. The molecular weight excluding hydrogens is 290 g/mol. The Morgan fingerprint density at radius 1 is 1.65 bits per heavy atom. The minimum atomic E-state index is -0.121. The van der Waals surface area contributed by atoms with Gasteiger partial charge < -0.3 is 11.1 Å². The van der Waals surface area contributed by atoms with Crippen molar-refractivity contribution < 1.29 is 4.79 Å². The van der Waals surface area contributed by atoms with E-state index in [1.54, 1.807) is 18.0 Å². The van der Waals surface area contributed by atoms with Crippen molar-refractivity contribution in [3.63, 3.8) is 0 Å². The summed E-state index contributed by atoms with van der Waals surface area (Å²) in [4.78, 5) is 17.8. The Bertz CT molecular complexity index is 637. The van der Waals surface area contributed by atoms with Gasteiger partial charge in [-0.15, -0.1) is 17.9 Å². The van der Waals surface area contributed by atoms with Gasteiger partial charge in [-0.3, -0.25) is 4.79 Å². The molecule has 6 heteroatoms. The van der Waals surface area contributed by atoms with E-state index in [9.17, 15) is 4.79 Å². The first-order valence-corrected chi connectivity index (χ1v) is 8.22. The van der Waals surface area contributed by atoms with Crippen LogP contribution in [0.25, 0.3) is 10.2 Å². The van der Waals surface area contributed by atoms with Gasteiger partial charge in [0, 0.05) is 29.6 Å². The molecule has 2 aromatic rings. The molecule has 0 aliphatic heterocycles. The van der Waals surface area contributed by atoms with Crippen LogP contribution in [-0.4, -0.2) is 28.9 Å². The van der Waals surface area contributed by atoms with Crippen molar-refractivity contribution in [1.82, 2.24) is 10.3 Å². The van der Waals surface area contributed by atoms with Crippen LogP contribution < -0.4 is 11.1 Å². The molecule has 3 N–H and O–H groups in total. The van der Waals surface area contributed by atoms with Crippen LogP contribution in [0.1, 0.15) is 15.2 Å². The molecule has 0 spiro atoms. The number of nitrogens with two attached hydrogens (primary N) is 1. The van der Waals surface area contributed by atoms with Crippen molar-refractivity contribution in [2.45, 2.75) is 6.92 Å². The highest BCUT2D eigenvalue weighted by Crippen LogP contribution is 2.34. The van der Waals surface area contributed by atoms with Gasteiger partial charge in [0.25, 0.3) is 5.91 Å². The Morgan fingerprint density at radius 3 is 3.15 bits per heavy atom. The van der Waals surface area contributed by atoms with Gasteiger partial charge >= 0.3 is 0 Å². The number of aryl methyl sites for hydroxylation is 1. The smallest absolute Gasteiger partial charge is 0.263 e. The van der Waals surface area contributed by atoms with E-state index < -0.39 is 0 Å². The lowest BCUT2D eigenvalue weighted by Crippen LogP contribution is -2.25. The fourth-order valence-electron chi connectivity index (χ4n) is 1.86. The first kappa shape index (κ1) is 14.9. The first-order chi connectivity index (χ1) is 9.65. The predicted molar refractivity (Wildman–Crippen MR) is 88.6 cm³/mol. The summed E-state index contributed by atoms with van der Waals surface area (Å²) in [6.45, 7) is 6.25. The monoisotopic (exact) mass is 307 g/mol. The number of aromatic nitrogens is 1. The van der Waals surface area contributed by atoms with Crippen molar-refractivity contribution in [2.75, 3.05) is 23.8 Å². The third kappa shape index (κ3) is 3.13. The number of hydrogen-bond donors (Lipinski definition) is 2. The number of nitrogens with zero attached hydrogens (tertiary/aromatic N) is 1. The zero-order chi connectivity index (χ0) is 14.5. The normalized spacial score (nSPS) is 10.7. The second kappa shape index (κ2) is 6.76. The zero-order valence-electron chi connectivity index (χ0n) is 11.3. The maximum Gasteiger partial charge on any atom is 0.263 e. The largest absolute Gasteiger partial charge is 0.397 e. The van der Waals surface area contributed by atoms with Crippen molar-refractivity contribution >= 4 is 44.9 Å². The van der Waals surface area contributed by atoms with Gasteiger partial charge in [-0.25, -0.2) is 4.98 Å². The molecule has 0 aliphatic carbocycles. The van der Waals surface area contributed by atoms with E-state index in [0.29, 0.717) is 17.1 Å². The van der Waals surface area contributed by atoms with Gasteiger partial charge in [-0.05, 0) is 18.6 Å². The van der Waals surface area contributed by atoms with Crippen LogP contribution in [0.15, 0.2) is 24.9 Å². The number of carbonyl (C=O) groups excluding carboxylic acids is 1. The van der Waals surface area contributed by atoms with Crippen LogP contribution >= 0.6 is 23.1 Å². The first-order valence-electron chi connectivity index (χ1n) is 6.25. The summed E-state index contributed by atoms with van der Waals surface area (Å²) in [5, 5.41) is 3.78. The molecule has 0 aromatic carbocycles. The van der Waals surface area contributed by atoms with Crippen molar-refractivity contribution in [1.29, 1.82) is 0 Å². The molecule has 2 heterocycles. The number of thiophene rings is 1. The van der Waals surface area contributed by atoms with Crippen LogP contribution in [0.2, 0.25) is 0 Å². The molecule has 20 heavy (non-hydrogen) atoms. The second-order valence-electron chi connectivity index (χ2n) is 4.27. The highest BCUT2D eigenvalue weighted by atomic mass is 32.2. The van der Waals surface area contributed by atoms with Gasteiger partial charge in [0.1, 0.15) is 9.71 Å². The topological polar surface area (TPSA) is 68.0 Å². The summed E-state index contributed by atoms with van der Waals surface area (Å²) >= 11 is 3.07. The fraction of sp³-hybridized carbons (Fsp3) is 0.286. The van der Waals surface area contributed by atoms with E-state index >= 15 is 0 Å². The number of nitrogens with one attached hydrogen (secondary N) is 1. The van der Waals surface area contributed by atoms with Gasteiger partial charge in [-0.1, -0.05) is 6.08 Å². The summed E-state index contributed by atoms with van der Waals surface area (Å²) < 4.78 is 0. The molecule has 4 nitrogen and oxygen atoms in total. The molecule has 0 fully saturated rings. The van der Waals surface area contributed by atoms with Crippen LogP contribution in [0.4, 0.5) is 5.69 Å². The van der Waals surface area contributed by atoms with E-state index in [1.807, 2.05) is 19.1 Å². The van der Waals surface area contributed by atoms with Crippen LogP contribution in [0, 0.1) is 6.92 Å². The Kier molecular flexibility index (Phi) is 5.03. The van der Waals surface area contributed by atoms with Crippen molar-refractivity contribution in [3.8, 4) is 0 Å². The molecule has 106 valence electrons. The number of thioether (sulfide) groups is 1. The molecule has 0 atom stereocenters. The Labute approximate surface area is 126 Å². The summed E-state index contributed by atoms with van der Waals surface area (Å²) in [5.41, 5.74) is 7.66. The number of rotatable bonds is 6. The predicted octanol–water partition coefficient (Wildman–Crippen LogP) is 2.84. The average Bonchev–Trinajstić information content (AvgIpc) is 2.77. The lowest BCUT2D eigenvalue weighted by molar-refractivity contribution is 0.0961. The minimum Gasteiger partial charge on any atom is -0.397 e. The van der Waals surface area contributed by atoms with Crippen molar-refractivity contribution in [3.05, 3.63) is 35.4 Å². The summed E-state index contributed by atoms with van der Waals surface area (Å²) in [5.74, 6) is 1.63. The Balaban J connectivity index is 2.09. The molecule has 0 unspecified atom stereocenters. The number of pyridine rings is 1. The average molecular weight is 307 g/mol. The molecule has 2 aromatic heterocycles. The number of nitrogen functional groups attached to an aromatic ring is 1. The molecule has 0 saturated carbocycles. The van der Waals surface area contributed by atoms with E-state index in [2.05, 4.69) is 16.9 Å². The maximum absolute atomic E-state index is 12.1. The molecule has 0 saturated heterocycles. The zero-order valence-corrected chi connectivity index (χ0v) is 12.9. The Morgan fingerprint density at radius 2 is 2.45 bits per heavy atom. The number of hydrogen-bond acceptors (Lipinski definition) is 5. The number of amides is 1. The third-order valence-electron chi connectivity index (χ3n) is 2.81. The Hall–Kier alpha value is -1.53. The van der Waals surface area contributed by atoms with E-state index in [0.717, 1.165) is 27.3 Å². The van der Waals surface area contributed by atoms with Crippen LogP contribution in [0.3, 0.4) is 0 Å². The van der Waals surface area contributed by atoms with Crippen molar-refractivity contribution in [2.24, 2.45) is 0 Å². The van der Waals surface area contributed by atoms with Crippen LogP contribution in [0.5, 0.6) is 0 Å². The molecular formula is C14H17N3OS2. The van der Waals surface area contributed by atoms with E-state index in [4.69, 9.17) is 5.73 Å². The third-order valence-corrected chi connectivity index (χ3v) is 4.89. The van der Waals surface area contributed by atoms with Gasteiger partial charge in [-0.2, -0.15) is 11.8 Å². The van der Waals surface area contributed by atoms with Gasteiger partial charge in [0.05, 0.1) is 5.69 Å². The molecule has 0 bridgehead atoms. The van der Waals surface area contributed by atoms with E-state index in [1.165, 1.54) is 11.3 Å². The summed E-state index contributed by atoms with van der Waals surface area (Å²) in [6.07, 6.45) is 3.59. The van der Waals surface area contributed by atoms with Gasteiger partial charge in [0.2, 0.25) is 0 Å². The fourth-order valence-corrected chi connectivity index (χ4v) is 3.49.